The molecule has 3 heteroatoms. The van der Waals surface area contributed by atoms with E-state index in [0.29, 0.717) is 5.56 Å². The van der Waals surface area contributed by atoms with Gasteiger partial charge in [-0.1, -0.05) is 24.3 Å². The van der Waals surface area contributed by atoms with Crippen molar-refractivity contribution in [2.75, 3.05) is 19.0 Å². The number of benzene rings is 2. The van der Waals surface area contributed by atoms with Crippen LogP contribution in [-0.4, -0.2) is 19.1 Å². The van der Waals surface area contributed by atoms with Gasteiger partial charge in [-0.2, -0.15) is 0 Å². The molecule has 0 atom stereocenters. The molecule has 0 aliphatic carbocycles. The van der Waals surface area contributed by atoms with E-state index >= 15 is 0 Å². The van der Waals surface area contributed by atoms with Gasteiger partial charge >= 0.3 is 0 Å². The molecule has 0 radical (unpaired) electrons. The first-order valence-corrected chi connectivity index (χ1v) is 7.14. The van der Waals surface area contributed by atoms with Crippen LogP contribution in [0.2, 0.25) is 0 Å². The van der Waals surface area contributed by atoms with Crippen molar-refractivity contribution in [3.8, 4) is 0 Å². The zero-order valence-corrected chi connectivity index (χ0v) is 12.6. The SMILES string of the molecule is CN(C)c1ccc(/C=C/c2ccc3ccccc3n2)c(F)c1. The van der Waals surface area contributed by atoms with Gasteiger partial charge < -0.3 is 4.90 Å². The highest BCUT2D eigenvalue weighted by molar-refractivity contribution is 5.80. The molecule has 2 aromatic carbocycles. The van der Waals surface area contributed by atoms with Crippen molar-refractivity contribution >= 4 is 28.7 Å². The van der Waals surface area contributed by atoms with Crippen molar-refractivity contribution in [2.45, 2.75) is 0 Å². The van der Waals surface area contributed by atoms with Crippen LogP contribution in [0.3, 0.4) is 0 Å². The first-order chi connectivity index (χ1) is 10.6. The fraction of sp³-hybridized carbons (Fsp3) is 0.105. The molecule has 1 heterocycles. The Bertz CT molecular complexity index is 838. The van der Waals surface area contributed by atoms with E-state index < -0.39 is 0 Å². The second-order valence-corrected chi connectivity index (χ2v) is 5.36. The summed E-state index contributed by atoms with van der Waals surface area (Å²) in [5.74, 6) is -0.233. The minimum Gasteiger partial charge on any atom is -0.378 e. The third-order valence-corrected chi connectivity index (χ3v) is 3.55. The van der Waals surface area contributed by atoms with Crippen LogP contribution in [0, 0.1) is 5.82 Å². The molecule has 0 aliphatic rings. The van der Waals surface area contributed by atoms with Crippen LogP contribution in [0.5, 0.6) is 0 Å². The predicted molar refractivity (Wildman–Crippen MR) is 91.4 cm³/mol. The van der Waals surface area contributed by atoms with E-state index in [4.69, 9.17) is 0 Å². The number of para-hydroxylation sites is 1. The zero-order valence-electron chi connectivity index (χ0n) is 12.6. The smallest absolute Gasteiger partial charge is 0.132 e. The lowest BCUT2D eigenvalue weighted by molar-refractivity contribution is 0.625. The highest BCUT2D eigenvalue weighted by Gasteiger charge is 2.02. The number of pyridine rings is 1. The summed E-state index contributed by atoms with van der Waals surface area (Å²) in [5, 5.41) is 1.10. The number of hydrogen-bond acceptors (Lipinski definition) is 2. The standard InChI is InChI=1S/C19H17FN2/c1-22(2)17-12-9-14(18(20)13-17)7-10-16-11-8-15-5-3-4-6-19(15)21-16/h3-13H,1-2H3/b10-7+. The number of aromatic nitrogens is 1. The molecule has 22 heavy (non-hydrogen) atoms. The molecule has 0 bridgehead atoms. The summed E-state index contributed by atoms with van der Waals surface area (Å²) in [7, 11) is 3.78. The van der Waals surface area contributed by atoms with Crippen LogP contribution in [-0.2, 0) is 0 Å². The monoisotopic (exact) mass is 292 g/mol. The second-order valence-electron chi connectivity index (χ2n) is 5.36. The van der Waals surface area contributed by atoms with Gasteiger partial charge in [-0.05, 0) is 42.5 Å². The average Bonchev–Trinajstić information content (AvgIpc) is 2.53. The molecular formula is C19H17FN2. The molecule has 1 aromatic heterocycles. The lowest BCUT2D eigenvalue weighted by Gasteiger charge is -2.12. The van der Waals surface area contributed by atoms with E-state index in [1.165, 1.54) is 6.07 Å². The Labute approximate surface area is 129 Å². The highest BCUT2D eigenvalue weighted by Crippen LogP contribution is 2.19. The van der Waals surface area contributed by atoms with Gasteiger partial charge in [0.1, 0.15) is 5.82 Å². The summed E-state index contributed by atoms with van der Waals surface area (Å²) >= 11 is 0. The second kappa shape index (κ2) is 5.98. The number of nitrogens with zero attached hydrogens (tertiary/aromatic N) is 2. The molecule has 3 rings (SSSR count). The Morgan fingerprint density at radius 2 is 1.77 bits per heavy atom. The van der Waals surface area contributed by atoms with Crippen molar-refractivity contribution in [1.29, 1.82) is 0 Å². The van der Waals surface area contributed by atoms with Crippen LogP contribution < -0.4 is 4.90 Å². The zero-order chi connectivity index (χ0) is 15.5. The van der Waals surface area contributed by atoms with E-state index in [0.717, 1.165) is 22.3 Å². The lowest BCUT2D eigenvalue weighted by Crippen LogP contribution is -2.08. The summed E-state index contributed by atoms with van der Waals surface area (Å²) in [4.78, 5) is 6.42. The van der Waals surface area contributed by atoms with Gasteiger partial charge in [0.05, 0.1) is 11.2 Å². The van der Waals surface area contributed by atoms with Crippen molar-refractivity contribution in [2.24, 2.45) is 0 Å². The maximum absolute atomic E-state index is 14.1. The van der Waals surface area contributed by atoms with E-state index in [9.17, 15) is 4.39 Å². The van der Waals surface area contributed by atoms with Gasteiger partial charge in [0.2, 0.25) is 0 Å². The molecule has 0 fully saturated rings. The summed E-state index contributed by atoms with van der Waals surface area (Å²) in [6, 6.07) is 17.1. The summed E-state index contributed by atoms with van der Waals surface area (Å²) in [5.41, 5.74) is 3.15. The van der Waals surface area contributed by atoms with E-state index in [-0.39, 0.29) is 5.82 Å². The number of anilines is 1. The quantitative estimate of drug-likeness (QED) is 0.700. The van der Waals surface area contributed by atoms with Crippen LogP contribution in [0.25, 0.3) is 23.1 Å². The predicted octanol–water partition coefficient (Wildman–Crippen LogP) is 4.61. The van der Waals surface area contributed by atoms with Crippen LogP contribution in [0.4, 0.5) is 10.1 Å². The fourth-order valence-electron chi connectivity index (χ4n) is 2.28. The van der Waals surface area contributed by atoms with Gasteiger partial charge in [0.15, 0.2) is 0 Å². The molecule has 0 unspecified atom stereocenters. The topological polar surface area (TPSA) is 16.1 Å². The summed E-state index contributed by atoms with van der Waals surface area (Å²) in [6.45, 7) is 0. The molecule has 0 amide bonds. The molecule has 2 nitrogen and oxygen atoms in total. The Balaban J connectivity index is 1.89. The van der Waals surface area contributed by atoms with Crippen LogP contribution in [0.1, 0.15) is 11.3 Å². The molecule has 0 saturated carbocycles. The molecule has 0 spiro atoms. The van der Waals surface area contributed by atoms with Gasteiger partial charge in [0, 0.05) is 30.7 Å². The third-order valence-electron chi connectivity index (χ3n) is 3.55. The van der Waals surface area contributed by atoms with Crippen molar-refractivity contribution in [1.82, 2.24) is 4.98 Å². The van der Waals surface area contributed by atoms with E-state index in [1.54, 1.807) is 12.1 Å². The van der Waals surface area contributed by atoms with Crippen LogP contribution in [0.15, 0.2) is 54.6 Å². The highest BCUT2D eigenvalue weighted by atomic mass is 19.1. The van der Waals surface area contributed by atoms with Gasteiger partial charge in [-0.25, -0.2) is 9.37 Å². The molecule has 0 aliphatic heterocycles. The first-order valence-electron chi connectivity index (χ1n) is 7.14. The van der Waals surface area contributed by atoms with Crippen molar-refractivity contribution in [3.05, 3.63) is 71.7 Å². The van der Waals surface area contributed by atoms with Crippen molar-refractivity contribution < 1.29 is 4.39 Å². The Hall–Kier alpha value is -2.68. The maximum atomic E-state index is 14.1. The number of rotatable bonds is 3. The normalized spacial score (nSPS) is 11.2. The Morgan fingerprint density at radius 1 is 0.955 bits per heavy atom. The van der Waals surface area contributed by atoms with Gasteiger partial charge in [-0.3, -0.25) is 0 Å². The van der Waals surface area contributed by atoms with Gasteiger partial charge in [0.25, 0.3) is 0 Å². The molecule has 0 N–H and O–H groups in total. The maximum Gasteiger partial charge on any atom is 0.132 e. The third kappa shape index (κ3) is 2.98. The molecule has 3 aromatic rings. The Morgan fingerprint density at radius 3 is 2.55 bits per heavy atom. The number of halogens is 1. The van der Waals surface area contributed by atoms with E-state index in [1.807, 2.05) is 67.5 Å². The molecular weight excluding hydrogens is 275 g/mol. The lowest BCUT2D eigenvalue weighted by atomic mass is 10.1. The van der Waals surface area contributed by atoms with E-state index in [2.05, 4.69) is 4.98 Å². The number of hydrogen-bond donors (Lipinski definition) is 0. The largest absolute Gasteiger partial charge is 0.378 e. The fourth-order valence-corrected chi connectivity index (χ4v) is 2.28. The summed E-state index contributed by atoms with van der Waals surface area (Å²) in [6.07, 6.45) is 3.59. The van der Waals surface area contributed by atoms with Crippen LogP contribution >= 0.6 is 0 Å². The van der Waals surface area contributed by atoms with Gasteiger partial charge in [-0.15, -0.1) is 0 Å². The molecule has 0 saturated heterocycles. The average molecular weight is 292 g/mol. The number of fused-ring (bicyclic) bond motifs is 1. The summed E-state index contributed by atoms with van der Waals surface area (Å²) < 4.78 is 14.1. The Kier molecular flexibility index (Phi) is 3.88. The minimum absolute atomic E-state index is 0.233. The molecule has 110 valence electrons. The van der Waals surface area contributed by atoms with Crippen molar-refractivity contribution in [3.63, 3.8) is 0 Å². The first kappa shape index (κ1) is 14.3. The minimum atomic E-state index is -0.233.